The van der Waals surface area contributed by atoms with Crippen LogP contribution in [-0.4, -0.2) is 48.6 Å². The van der Waals surface area contributed by atoms with Crippen LogP contribution >= 0.6 is 28.1 Å². The molecule has 0 aromatic heterocycles. The van der Waals surface area contributed by atoms with Gasteiger partial charge in [0.15, 0.2) is 11.7 Å². The van der Waals surface area contributed by atoms with E-state index in [1.807, 2.05) is 0 Å². The first-order valence-electron chi connectivity index (χ1n) is 6.67. The van der Waals surface area contributed by atoms with Crippen LogP contribution < -0.4 is 10.1 Å². The number of likely N-dealkylation sites (N-methyl/N-ethyl adjacent to an activating group) is 1. The fourth-order valence-electron chi connectivity index (χ4n) is 1.83. The molecule has 7 nitrogen and oxygen atoms in total. The molecular formula is C15H13BrN2O5S. The average Bonchev–Trinajstić information content (AvgIpc) is 2.55. The minimum Gasteiger partial charge on any atom is -0.481 e. The highest BCUT2D eigenvalue weighted by Crippen LogP contribution is 2.27. The molecule has 1 N–H and O–H groups in total. The maximum Gasteiger partial charge on any atom is 0.343 e. The number of hydrogen-bond donors (Lipinski definition) is 1. The Morgan fingerprint density at radius 2 is 2.12 bits per heavy atom. The van der Waals surface area contributed by atoms with Crippen LogP contribution in [0.1, 0.15) is 5.56 Å². The van der Waals surface area contributed by atoms with Gasteiger partial charge in [0.05, 0.1) is 11.6 Å². The summed E-state index contributed by atoms with van der Waals surface area (Å²) >= 11 is 8.19. The number of rotatable bonds is 4. The summed E-state index contributed by atoms with van der Waals surface area (Å²) in [5, 5.41) is 2.50. The predicted molar refractivity (Wildman–Crippen MR) is 93.1 cm³/mol. The second-order valence-corrected chi connectivity index (χ2v) is 5.98. The third-order valence-corrected chi connectivity index (χ3v) is 4.14. The summed E-state index contributed by atoms with van der Waals surface area (Å²) in [4.78, 5) is 36.3. The van der Waals surface area contributed by atoms with E-state index < -0.39 is 17.8 Å². The van der Waals surface area contributed by atoms with Crippen LogP contribution in [0.15, 0.2) is 28.2 Å². The van der Waals surface area contributed by atoms with E-state index in [2.05, 4.69) is 26.0 Å². The number of carbonyl (C=O) groups excluding carboxylic acids is 3. The van der Waals surface area contributed by atoms with Crippen molar-refractivity contribution < 1.29 is 23.9 Å². The second kappa shape index (κ2) is 7.54. The van der Waals surface area contributed by atoms with Gasteiger partial charge in [-0.2, -0.15) is 0 Å². The molecule has 0 radical (unpaired) electrons. The minimum atomic E-state index is -0.551. The van der Waals surface area contributed by atoms with E-state index in [0.717, 1.165) is 0 Å². The first-order valence-corrected chi connectivity index (χ1v) is 7.88. The molecule has 1 aliphatic rings. The molecule has 0 bridgehead atoms. The van der Waals surface area contributed by atoms with Crippen LogP contribution in [-0.2, 0) is 19.1 Å². The van der Waals surface area contributed by atoms with Crippen molar-refractivity contribution >= 4 is 57.1 Å². The van der Waals surface area contributed by atoms with Crippen molar-refractivity contribution in [2.45, 2.75) is 0 Å². The molecule has 1 saturated heterocycles. The summed E-state index contributed by atoms with van der Waals surface area (Å²) in [6.07, 6.45) is 1.45. The van der Waals surface area contributed by atoms with Gasteiger partial charge < -0.3 is 9.47 Å². The topological polar surface area (TPSA) is 84.9 Å². The Labute approximate surface area is 151 Å². The van der Waals surface area contributed by atoms with Crippen LogP contribution in [0.2, 0.25) is 0 Å². The SMILES string of the molecule is COC(=O)COc1ccc(C=C2C(=O)NC(=S)N(C)C2=O)cc1Br. The molecule has 1 heterocycles. The Kier molecular flexibility index (Phi) is 5.68. The van der Waals surface area contributed by atoms with Gasteiger partial charge in [0.1, 0.15) is 11.3 Å². The molecule has 9 heteroatoms. The number of hydrogen-bond acceptors (Lipinski definition) is 6. The lowest BCUT2D eigenvalue weighted by Gasteiger charge is -2.25. The van der Waals surface area contributed by atoms with Crippen LogP contribution in [0.4, 0.5) is 0 Å². The predicted octanol–water partition coefficient (Wildman–Crippen LogP) is 1.26. The summed E-state index contributed by atoms with van der Waals surface area (Å²) in [5.74, 6) is -1.10. The normalized spacial score (nSPS) is 16.2. The molecular weight excluding hydrogens is 400 g/mol. The van der Waals surface area contributed by atoms with Crippen molar-refractivity contribution in [2.24, 2.45) is 0 Å². The molecule has 2 amide bonds. The van der Waals surface area contributed by atoms with E-state index in [0.29, 0.717) is 15.8 Å². The second-order valence-electron chi connectivity index (χ2n) is 4.74. The zero-order valence-corrected chi connectivity index (χ0v) is 15.2. The molecule has 1 aromatic rings. The standard InChI is InChI=1S/C15H13BrN2O5S/c1-18-14(21)9(13(20)17-15(18)24)5-8-3-4-11(10(16)6-8)23-7-12(19)22-2/h3-6H,7H2,1-2H3,(H,17,20,24). The molecule has 1 aromatic carbocycles. The van der Waals surface area contributed by atoms with Crippen molar-refractivity contribution in [1.82, 2.24) is 10.2 Å². The number of esters is 1. The van der Waals surface area contributed by atoms with Crippen molar-refractivity contribution in [1.29, 1.82) is 0 Å². The highest BCUT2D eigenvalue weighted by atomic mass is 79.9. The van der Waals surface area contributed by atoms with E-state index in [-0.39, 0.29) is 17.3 Å². The lowest BCUT2D eigenvalue weighted by atomic mass is 10.1. The largest absolute Gasteiger partial charge is 0.481 e. The number of nitrogens with one attached hydrogen (secondary N) is 1. The molecule has 0 aliphatic carbocycles. The van der Waals surface area contributed by atoms with Crippen LogP contribution in [0.3, 0.4) is 0 Å². The highest BCUT2D eigenvalue weighted by Gasteiger charge is 2.30. The van der Waals surface area contributed by atoms with Crippen LogP contribution in [0.5, 0.6) is 5.75 Å². The molecule has 0 atom stereocenters. The van der Waals surface area contributed by atoms with Crippen LogP contribution in [0, 0.1) is 0 Å². The lowest BCUT2D eigenvalue weighted by molar-refractivity contribution is -0.143. The fraction of sp³-hybridized carbons (Fsp3) is 0.200. The van der Waals surface area contributed by atoms with Gasteiger partial charge >= 0.3 is 5.97 Å². The van der Waals surface area contributed by atoms with E-state index in [4.69, 9.17) is 17.0 Å². The summed E-state index contributed by atoms with van der Waals surface area (Å²) in [6.45, 7) is -0.224. The Morgan fingerprint density at radius 3 is 2.75 bits per heavy atom. The van der Waals surface area contributed by atoms with Gasteiger partial charge in [0, 0.05) is 7.05 Å². The van der Waals surface area contributed by atoms with Gasteiger partial charge in [0.25, 0.3) is 11.8 Å². The Balaban J connectivity index is 2.22. The zero-order chi connectivity index (χ0) is 17.9. The third-order valence-electron chi connectivity index (χ3n) is 3.14. The van der Waals surface area contributed by atoms with Gasteiger partial charge in [-0.05, 0) is 51.9 Å². The quantitative estimate of drug-likeness (QED) is 0.346. The van der Waals surface area contributed by atoms with Gasteiger partial charge in [-0.3, -0.25) is 19.8 Å². The number of ether oxygens (including phenoxy) is 2. The molecule has 1 fully saturated rings. The Morgan fingerprint density at radius 1 is 1.42 bits per heavy atom. The minimum absolute atomic E-state index is 0.0266. The number of amides is 2. The fourth-order valence-corrected chi connectivity index (χ4v) is 2.52. The third kappa shape index (κ3) is 3.98. The van der Waals surface area contributed by atoms with Crippen LogP contribution in [0.25, 0.3) is 6.08 Å². The van der Waals surface area contributed by atoms with E-state index >= 15 is 0 Å². The number of thiocarbonyl (C=S) groups is 1. The maximum absolute atomic E-state index is 12.1. The van der Waals surface area contributed by atoms with E-state index in [1.165, 1.54) is 25.1 Å². The molecule has 126 valence electrons. The summed E-state index contributed by atoms with van der Waals surface area (Å²) in [6, 6.07) is 4.92. The van der Waals surface area contributed by atoms with E-state index in [9.17, 15) is 14.4 Å². The number of halogens is 1. The van der Waals surface area contributed by atoms with Crippen molar-refractivity contribution in [2.75, 3.05) is 20.8 Å². The number of carbonyl (C=O) groups is 3. The molecule has 24 heavy (non-hydrogen) atoms. The first kappa shape index (κ1) is 18.1. The number of nitrogens with zero attached hydrogens (tertiary/aromatic N) is 1. The molecule has 0 unspecified atom stereocenters. The van der Waals surface area contributed by atoms with Crippen molar-refractivity contribution in [3.63, 3.8) is 0 Å². The highest BCUT2D eigenvalue weighted by molar-refractivity contribution is 9.10. The zero-order valence-electron chi connectivity index (χ0n) is 12.8. The number of benzene rings is 1. The summed E-state index contributed by atoms with van der Waals surface area (Å²) in [7, 11) is 2.75. The van der Waals surface area contributed by atoms with Crippen molar-refractivity contribution in [3.8, 4) is 5.75 Å². The van der Waals surface area contributed by atoms with Gasteiger partial charge in [0.2, 0.25) is 0 Å². The molecule has 0 spiro atoms. The lowest BCUT2D eigenvalue weighted by Crippen LogP contribution is -2.52. The average molecular weight is 413 g/mol. The molecule has 0 saturated carbocycles. The smallest absolute Gasteiger partial charge is 0.343 e. The summed E-state index contributed by atoms with van der Waals surface area (Å²) < 4.78 is 10.3. The number of methoxy groups -OCH3 is 1. The maximum atomic E-state index is 12.1. The molecule has 2 rings (SSSR count). The monoisotopic (exact) mass is 412 g/mol. The van der Waals surface area contributed by atoms with Gasteiger partial charge in [-0.15, -0.1) is 0 Å². The van der Waals surface area contributed by atoms with Crippen molar-refractivity contribution in [3.05, 3.63) is 33.8 Å². The van der Waals surface area contributed by atoms with Gasteiger partial charge in [-0.25, -0.2) is 4.79 Å². The first-order chi connectivity index (χ1) is 11.3. The summed E-state index contributed by atoms with van der Waals surface area (Å²) in [5.41, 5.74) is 0.577. The Bertz CT molecular complexity index is 762. The van der Waals surface area contributed by atoms with E-state index in [1.54, 1.807) is 18.2 Å². The van der Waals surface area contributed by atoms with Gasteiger partial charge in [-0.1, -0.05) is 6.07 Å². The Hall–Kier alpha value is -2.26. The molecule has 1 aliphatic heterocycles.